The molecule has 0 aliphatic rings. The van der Waals surface area contributed by atoms with E-state index >= 15 is 0 Å². The van der Waals surface area contributed by atoms with Gasteiger partial charge in [0, 0.05) is 0 Å². The van der Waals surface area contributed by atoms with Crippen LogP contribution in [0, 0.1) is 27.7 Å². The fourth-order valence-corrected chi connectivity index (χ4v) is 6.67. The van der Waals surface area contributed by atoms with Gasteiger partial charge in [-0.05, 0) is 25.9 Å². The summed E-state index contributed by atoms with van der Waals surface area (Å²) in [6.45, 7) is 21.6. The van der Waals surface area contributed by atoms with Gasteiger partial charge in [0.15, 0.2) is 0 Å². The van der Waals surface area contributed by atoms with Crippen molar-refractivity contribution in [2.45, 2.75) is 86.4 Å². The zero-order valence-corrected chi connectivity index (χ0v) is 21.7. The second kappa shape index (κ2) is 13.9. The van der Waals surface area contributed by atoms with Crippen LogP contribution in [-0.2, 0) is 27.8 Å². The molecule has 0 aliphatic heterocycles. The second-order valence-electron chi connectivity index (χ2n) is 7.66. The van der Waals surface area contributed by atoms with Crippen molar-refractivity contribution >= 4 is 8.24 Å². The molecule has 0 aliphatic carbocycles. The number of hydrogen-bond donors (Lipinski definition) is 0. The molecule has 0 aromatic heterocycles. The maximum Gasteiger partial charge on any atom is 3.00 e. The van der Waals surface area contributed by atoms with E-state index in [0.717, 1.165) is 0 Å². The first-order valence-corrected chi connectivity index (χ1v) is 12.4. The van der Waals surface area contributed by atoms with Gasteiger partial charge in [-0.15, -0.1) is 0 Å². The van der Waals surface area contributed by atoms with E-state index in [4.69, 9.17) is 0 Å². The number of unbranched alkanes of at least 4 members (excludes halogenated alkanes) is 2. The Morgan fingerprint density at radius 3 is 1.48 bits per heavy atom. The molecule has 0 unspecified atom stereocenters. The molecule has 1 radical (unpaired) electrons. The standard InChI is InChI=1S/C20H38NSi.2ClH.Ti/c1-9-11-13-21(14-12-10-2)22(7,8)15-20-18(5)16(3)17(4)19(20)6;;;/h9-15H2,1-8H3;2*1H;/q-1;;;+3/p-2. The first kappa shape index (κ1) is 30.5. The fourth-order valence-electron chi connectivity index (χ4n) is 3.52. The van der Waals surface area contributed by atoms with Crippen molar-refractivity contribution in [3.63, 3.8) is 0 Å². The van der Waals surface area contributed by atoms with E-state index in [1.807, 2.05) is 0 Å². The van der Waals surface area contributed by atoms with Crippen molar-refractivity contribution < 1.29 is 46.5 Å². The molecule has 1 aromatic carbocycles. The van der Waals surface area contributed by atoms with Crippen molar-refractivity contribution in [2.24, 2.45) is 0 Å². The van der Waals surface area contributed by atoms with Crippen LogP contribution in [0.3, 0.4) is 0 Å². The topological polar surface area (TPSA) is 3.24 Å². The van der Waals surface area contributed by atoms with Crippen LogP contribution in [0.2, 0.25) is 13.1 Å². The van der Waals surface area contributed by atoms with Crippen LogP contribution in [0.4, 0.5) is 0 Å². The quantitative estimate of drug-likeness (QED) is 0.382. The van der Waals surface area contributed by atoms with Crippen molar-refractivity contribution in [3.05, 3.63) is 27.8 Å². The zero-order chi connectivity index (χ0) is 16.9. The van der Waals surface area contributed by atoms with Crippen molar-refractivity contribution in [1.29, 1.82) is 0 Å². The van der Waals surface area contributed by atoms with Crippen molar-refractivity contribution in [2.75, 3.05) is 13.1 Å². The fraction of sp³-hybridized carbons (Fsp3) is 0.750. The monoisotopic (exact) mass is 438 g/mol. The average molecular weight is 439 g/mol. The second-order valence-corrected chi connectivity index (χ2v) is 12.3. The van der Waals surface area contributed by atoms with E-state index in [9.17, 15) is 0 Å². The molecular formula is C20H38Cl2NSiTi. The summed E-state index contributed by atoms with van der Waals surface area (Å²) in [4.78, 5) is 0. The molecule has 0 bridgehead atoms. The third kappa shape index (κ3) is 8.15. The molecule has 25 heavy (non-hydrogen) atoms. The normalized spacial score (nSPS) is 10.9. The third-order valence-electron chi connectivity index (χ3n) is 5.62. The summed E-state index contributed by atoms with van der Waals surface area (Å²) >= 11 is 0. The summed E-state index contributed by atoms with van der Waals surface area (Å²) in [5.41, 5.74) is 7.81. The summed E-state index contributed by atoms with van der Waals surface area (Å²) in [5, 5.41) is 0. The summed E-state index contributed by atoms with van der Waals surface area (Å²) in [5.74, 6) is 0. The maximum absolute atomic E-state index is 2.87. The van der Waals surface area contributed by atoms with E-state index in [0.29, 0.717) is 0 Å². The summed E-state index contributed by atoms with van der Waals surface area (Å²) in [6.07, 6.45) is 5.30. The number of nitrogens with zero attached hydrogens (tertiary/aromatic N) is 1. The molecule has 0 amide bonds. The minimum Gasteiger partial charge on any atom is -1.00 e. The van der Waals surface area contributed by atoms with Gasteiger partial charge in [-0.3, -0.25) is 0 Å². The Morgan fingerprint density at radius 1 is 0.800 bits per heavy atom. The Balaban J connectivity index is -0.00000161. The Hall–Kier alpha value is 0.821. The largest absolute Gasteiger partial charge is 3.00 e. The molecule has 0 heterocycles. The van der Waals surface area contributed by atoms with E-state index in [1.54, 1.807) is 16.7 Å². The predicted octanol–water partition coefficient (Wildman–Crippen LogP) is -0.166. The average Bonchev–Trinajstić information content (AvgIpc) is 2.65. The van der Waals surface area contributed by atoms with Gasteiger partial charge in [-0.1, -0.05) is 73.5 Å². The van der Waals surface area contributed by atoms with E-state index in [-0.39, 0.29) is 46.5 Å². The molecule has 5 heteroatoms. The van der Waals surface area contributed by atoms with Gasteiger partial charge in [-0.2, -0.15) is 27.8 Å². The Labute approximate surface area is 185 Å². The first-order chi connectivity index (χ1) is 10.3. The van der Waals surface area contributed by atoms with Gasteiger partial charge in [0.1, 0.15) is 8.24 Å². The van der Waals surface area contributed by atoms with E-state index < -0.39 is 8.24 Å². The molecule has 0 saturated carbocycles. The summed E-state index contributed by atoms with van der Waals surface area (Å²) in [6, 6.07) is 1.31. The molecular weight excluding hydrogens is 401 g/mol. The third-order valence-corrected chi connectivity index (χ3v) is 9.00. The number of hydrogen-bond acceptors (Lipinski definition) is 1. The predicted molar refractivity (Wildman–Crippen MR) is 104 cm³/mol. The first-order valence-electron chi connectivity index (χ1n) is 9.23. The van der Waals surface area contributed by atoms with Crippen LogP contribution in [0.1, 0.15) is 67.3 Å². The van der Waals surface area contributed by atoms with Crippen LogP contribution in [-0.4, -0.2) is 25.9 Å². The van der Waals surface area contributed by atoms with E-state index in [1.165, 1.54) is 55.9 Å². The van der Waals surface area contributed by atoms with Gasteiger partial charge in [-0.25, -0.2) is 0 Å². The molecule has 145 valence electrons. The summed E-state index contributed by atoms with van der Waals surface area (Å²) < 4.78 is 2.87. The maximum atomic E-state index is 2.87. The van der Waals surface area contributed by atoms with Crippen molar-refractivity contribution in [3.8, 4) is 0 Å². The number of rotatable bonds is 9. The van der Waals surface area contributed by atoms with Gasteiger partial charge < -0.3 is 29.4 Å². The van der Waals surface area contributed by atoms with Crippen LogP contribution in [0.5, 0.6) is 0 Å². The minimum atomic E-state index is -1.39. The summed E-state index contributed by atoms with van der Waals surface area (Å²) in [7, 11) is -1.39. The van der Waals surface area contributed by atoms with Crippen LogP contribution in [0.25, 0.3) is 0 Å². The van der Waals surface area contributed by atoms with E-state index in [2.05, 4.69) is 59.2 Å². The Bertz CT molecular complexity index is 453. The molecule has 1 rings (SSSR count). The molecule has 1 aromatic rings. The Morgan fingerprint density at radius 2 is 1.16 bits per heavy atom. The van der Waals surface area contributed by atoms with Crippen LogP contribution >= 0.6 is 0 Å². The van der Waals surface area contributed by atoms with Gasteiger partial charge >= 0.3 is 21.7 Å². The molecule has 0 atom stereocenters. The Kier molecular flexibility index (Phi) is 17.0. The molecule has 0 saturated heterocycles. The zero-order valence-electron chi connectivity index (χ0n) is 17.7. The van der Waals surface area contributed by atoms with Crippen LogP contribution < -0.4 is 24.8 Å². The van der Waals surface area contributed by atoms with Crippen LogP contribution in [0.15, 0.2) is 0 Å². The number of halogens is 2. The smallest absolute Gasteiger partial charge is 1.00 e. The van der Waals surface area contributed by atoms with Crippen molar-refractivity contribution in [1.82, 2.24) is 4.57 Å². The molecule has 0 N–H and O–H groups in total. The van der Waals surface area contributed by atoms with Gasteiger partial charge in [0.25, 0.3) is 0 Å². The molecule has 0 fully saturated rings. The molecule has 0 spiro atoms. The minimum absolute atomic E-state index is 0. The SMILES string of the molecule is CCCCN(CCCC)[Si](C)(C)C[c-]1c(C)c(C)c(C)c1C.[Cl-].[Cl-].[Ti+3]. The van der Waals surface area contributed by atoms with Gasteiger partial charge in [0.2, 0.25) is 0 Å². The molecule has 1 nitrogen and oxygen atoms in total. The van der Waals surface area contributed by atoms with Gasteiger partial charge in [0.05, 0.1) is 0 Å².